The molecule has 2 heterocycles. The zero-order valence-electron chi connectivity index (χ0n) is 5.78. The second-order valence-corrected chi connectivity index (χ2v) is 2.00. The van der Waals surface area contributed by atoms with Gasteiger partial charge in [-0.05, 0) is 4.99 Å². The van der Waals surface area contributed by atoms with Crippen LogP contribution in [-0.2, 0) is 4.79 Å². The number of halogens is 1. The quantitative estimate of drug-likeness (QED) is 0.424. The smallest absolute Gasteiger partial charge is 0.392 e. The van der Waals surface area contributed by atoms with E-state index in [4.69, 9.17) is 5.41 Å². The van der Waals surface area contributed by atoms with Gasteiger partial charge in [-0.2, -0.15) is 4.99 Å². The molecule has 2 rings (SSSR count). The molecule has 0 aromatic carbocycles. The van der Waals surface area contributed by atoms with Crippen molar-refractivity contribution in [1.82, 2.24) is 5.32 Å². The Labute approximate surface area is 84.4 Å². The van der Waals surface area contributed by atoms with E-state index in [1.54, 1.807) is 0 Å². The van der Waals surface area contributed by atoms with Crippen LogP contribution in [0.25, 0.3) is 0 Å². The Morgan fingerprint density at radius 1 is 1.50 bits per heavy atom. The summed E-state index contributed by atoms with van der Waals surface area (Å²) in [5.74, 6) is -0.0146. The van der Waals surface area contributed by atoms with Gasteiger partial charge in [0.2, 0.25) is 5.71 Å². The van der Waals surface area contributed by atoms with Gasteiger partial charge >= 0.3 is 11.9 Å². The van der Waals surface area contributed by atoms with E-state index in [0.29, 0.717) is 0 Å². The van der Waals surface area contributed by atoms with Gasteiger partial charge in [0.15, 0.2) is 0 Å². The lowest BCUT2D eigenvalue weighted by Crippen LogP contribution is -3.00. The number of carbonyl (C=O) groups excluding carboxylic acids is 1. The minimum atomic E-state index is -0.356. The first kappa shape index (κ1) is 8.97. The van der Waals surface area contributed by atoms with Gasteiger partial charge in [-0.25, -0.2) is 15.1 Å². The van der Waals surface area contributed by atoms with Crippen LogP contribution < -0.4 is 34.7 Å². The average molecular weight is 277 g/mol. The fraction of sp³-hybridized carbons (Fsp3) is 0. The summed E-state index contributed by atoms with van der Waals surface area (Å²) < 4.78 is 0. The molecule has 1 amide bonds. The Balaban J connectivity index is 0.000000720. The summed E-state index contributed by atoms with van der Waals surface area (Å²) in [6.45, 7) is 0. The second kappa shape index (κ2) is 3.09. The molecule has 0 radical (unpaired) electrons. The van der Waals surface area contributed by atoms with Crippen LogP contribution in [0.2, 0.25) is 0 Å². The van der Waals surface area contributed by atoms with E-state index in [1.807, 2.05) is 0 Å². The van der Waals surface area contributed by atoms with E-state index in [1.165, 1.54) is 6.34 Å². The summed E-state index contributed by atoms with van der Waals surface area (Å²) in [6.07, 6.45) is 1.27. The number of rotatable bonds is 0. The Morgan fingerprint density at radius 2 is 2.25 bits per heavy atom. The topological polar surface area (TPSA) is 91.8 Å². The minimum absolute atomic E-state index is 0. The lowest BCUT2D eigenvalue weighted by Gasteiger charge is -1.99. The van der Waals surface area contributed by atoms with Gasteiger partial charge in [-0.3, -0.25) is 5.41 Å². The molecule has 0 saturated carbocycles. The average Bonchev–Trinajstić information content (AvgIpc) is 2.34. The Kier molecular flexibility index (Phi) is 2.31. The van der Waals surface area contributed by atoms with Crippen LogP contribution in [0, 0.1) is 0 Å². The van der Waals surface area contributed by atoms with Gasteiger partial charge < -0.3 is 24.0 Å². The van der Waals surface area contributed by atoms with E-state index in [0.717, 1.165) is 0 Å². The molecule has 7 heteroatoms. The van der Waals surface area contributed by atoms with Gasteiger partial charge in [-0.1, -0.05) is 0 Å². The molecule has 3 N–H and O–H groups in total. The molecule has 0 aliphatic carbocycles. The van der Waals surface area contributed by atoms with E-state index in [9.17, 15) is 4.79 Å². The SMILES string of the molecule is [I-].[NH2+]=C1N=C2N=CN=C2C(=O)N1. The predicted octanol–water partition coefficient (Wildman–Crippen LogP) is -5.88. The first-order chi connectivity index (χ1) is 5.27. The summed E-state index contributed by atoms with van der Waals surface area (Å²) in [5, 5.41) is 7.56. The molecule has 0 spiro atoms. The van der Waals surface area contributed by atoms with Crippen LogP contribution in [0.4, 0.5) is 0 Å². The molecule has 0 unspecified atom stereocenters. The maximum atomic E-state index is 11.0. The van der Waals surface area contributed by atoms with E-state index < -0.39 is 0 Å². The normalized spacial score (nSPS) is 19.0. The molecule has 62 valence electrons. The highest BCUT2D eigenvalue weighted by Gasteiger charge is 2.32. The van der Waals surface area contributed by atoms with E-state index in [-0.39, 0.29) is 47.4 Å². The summed E-state index contributed by atoms with van der Waals surface area (Å²) in [5.41, 5.74) is 0.221. The fourth-order valence-corrected chi connectivity index (χ4v) is 0.820. The molecule has 0 aromatic heterocycles. The van der Waals surface area contributed by atoms with Crippen LogP contribution in [0.1, 0.15) is 0 Å². The molecule has 0 atom stereocenters. The van der Waals surface area contributed by atoms with Gasteiger partial charge in [-0.15, -0.1) is 0 Å². The zero-order valence-corrected chi connectivity index (χ0v) is 7.94. The maximum absolute atomic E-state index is 11.0. The molecular formula is C5H4IN5O. The van der Waals surface area contributed by atoms with Crippen molar-refractivity contribution >= 4 is 29.8 Å². The number of hydrogen-bond acceptors (Lipinski definition) is 3. The van der Waals surface area contributed by atoms with Crippen molar-refractivity contribution in [2.24, 2.45) is 15.0 Å². The van der Waals surface area contributed by atoms with Crippen molar-refractivity contribution in [1.29, 1.82) is 0 Å². The summed E-state index contributed by atoms with van der Waals surface area (Å²) in [6, 6.07) is 0. The van der Waals surface area contributed by atoms with E-state index in [2.05, 4.69) is 20.3 Å². The second-order valence-electron chi connectivity index (χ2n) is 2.00. The van der Waals surface area contributed by atoms with Crippen molar-refractivity contribution in [2.75, 3.05) is 0 Å². The molecule has 2 aliphatic rings. The third-order valence-electron chi connectivity index (χ3n) is 1.26. The molecule has 0 aromatic rings. The van der Waals surface area contributed by atoms with Crippen molar-refractivity contribution in [3.8, 4) is 0 Å². The number of carbonyl (C=O) groups is 1. The van der Waals surface area contributed by atoms with Crippen LogP contribution in [0.3, 0.4) is 0 Å². The highest BCUT2D eigenvalue weighted by molar-refractivity contribution is 6.71. The molecule has 0 saturated heterocycles. The summed E-state index contributed by atoms with van der Waals surface area (Å²) in [4.78, 5) is 22.1. The standard InChI is InChI=1S/C5H3N5O.HI/c6-5-9-3-2(4(11)10-5)7-1-8-3;/h1H,(H2,6,10,11);1H. The number of nitrogens with zero attached hydrogens (tertiary/aromatic N) is 3. The molecular weight excluding hydrogens is 273 g/mol. The number of amides is 1. The Morgan fingerprint density at radius 3 is 3.00 bits per heavy atom. The highest BCUT2D eigenvalue weighted by atomic mass is 127. The summed E-state index contributed by atoms with van der Waals surface area (Å²) in [7, 11) is 0. The third kappa shape index (κ3) is 1.26. The van der Waals surface area contributed by atoms with Crippen LogP contribution in [-0.4, -0.2) is 29.8 Å². The van der Waals surface area contributed by atoms with Crippen LogP contribution in [0.15, 0.2) is 15.0 Å². The number of amidine groups is 1. The number of hydrogen-bond donors (Lipinski definition) is 2. The number of fused-ring (bicyclic) bond motifs is 1. The molecule has 6 nitrogen and oxygen atoms in total. The van der Waals surface area contributed by atoms with Crippen molar-refractivity contribution < 1.29 is 34.2 Å². The van der Waals surface area contributed by atoms with Crippen LogP contribution in [0.5, 0.6) is 0 Å². The lowest BCUT2D eigenvalue weighted by molar-refractivity contribution is -0.126. The highest BCUT2D eigenvalue weighted by Crippen LogP contribution is 1.98. The third-order valence-corrected chi connectivity index (χ3v) is 1.26. The molecule has 12 heavy (non-hydrogen) atoms. The largest absolute Gasteiger partial charge is 1.00 e. The monoisotopic (exact) mass is 277 g/mol. The fourth-order valence-electron chi connectivity index (χ4n) is 0.820. The minimum Gasteiger partial charge on any atom is -1.00 e. The zero-order chi connectivity index (χ0) is 7.84. The van der Waals surface area contributed by atoms with Gasteiger partial charge in [0, 0.05) is 0 Å². The van der Waals surface area contributed by atoms with Gasteiger partial charge in [0.1, 0.15) is 6.34 Å². The lowest BCUT2D eigenvalue weighted by atomic mass is 10.3. The van der Waals surface area contributed by atoms with Crippen molar-refractivity contribution in [2.45, 2.75) is 0 Å². The van der Waals surface area contributed by atoms with Crippen molar-refractivity contribution in [3.05, 3.63) is 0 Å². The molecule has 0 fully saturated rings. The number of aliphatic imine (C=N–C) groups is 3. The Bertz CT molecular complexity index is 342. The number of nitrogens with one attached hydrogen (secondary N) is 1. The van der Waals surface area contributed by atoms with Crippen LogP contribution >= 0.6 is 0 Å². The first-order valence-electron chi connectivity index (χ1n) is 2.90. The Hall–Kier alpha value is -1.12. The number of guanidine groups is 1. The molecule has 0 bridgehead atoms. The summed E-state index contributed by atoms with van der Waals surface area (Å²) >= 11 is 0. The van der Waals surface area contributed by atoms with Gasteiger partial charge in [0.25, 0.3) is 5.84 Å². The van der Waals surface area contributed by atoms with E-state index >= 15 is 0 Å². The van der Waals surface area contributed by atoms with Gasteiger partial charge in [0.05, 0.1) is 0 Å². The van der Waals surface area contributed by atoms with Crippen molar-refractivity contribution in [3.63, 3.8) is 0 Å². The first-order valence-corrected chi connectivity index (χ1v) is 2.90. The molecule has 2 aliphatic heterocycles. The number of nitrogens with two attached hydrogens (primary N) is 1. The maximum Gasteiger partial charge on any atom is 0.392 e. The predicted molar refractivity (Wildman–Crippen MR) is 38.4 cm³/mol.